The van der Waals surface area contributed by atoms with Crippen LogP contribution in [0.25, 0.3) is 0 Å². The lowest BCUT2D eigenvalue weighted by Gasteiger charge is -2.31. The van der Waals surface area contributed by atoms with Crippen molar-refractivity contribution in [3.8, 4) is 0 Å². The topological polar surface area (TPSA) is 70.7 Å². The van der Waals surface area contributed by atoms with Crippen LogP contribution in [0.4, 0.5) is 4.79 Å². The summed E-state index contributed by atoms with van der Waals surface area (Å²) in [6.07, 6.45) is 2.02. The summed E-state index contributed by atoms with van der Waals surface area (Å²) in [5.41, 5.74) is 1.10. The SMILES string of the molecule is CCOC(=O)N1CCC(NCCC(=O)NCc2ccccc2)CC1. The van der Waals surface area contributed by atoms with Crippen molar-refractivity contribution in [1.29, 1.82) is 0 Å². The Hall–Kier alpha value is -2.08. The maximum absolute atomic E-state index is 11.9. The van der Waals surface area contributed by atoms with Crippen LogP contribution in [0.3, 0.4) is 0 Å². The Labute approximate surface area is 143 Å². The molecule has 2 amide bonds. The molecular weight excluding hydrogens is 306 g/mol. The lowest BCUT2D eigenvalue weighted by Crippen LogP contribution is -2.45. The van der Waals surface area contributed by atoms with Gasteiger partial charge < -0.3 is 20.3 Å². The van der Waals surface area contributed by atoms with Crippen LogP contribution in [0.2, 0.25) is 0 Å². The molecule has 6 nitrogen and oxygen atoms in total. The van der Waals surface area contributed by atoms with Gasteiger partial charge in [-0.15, -0.1) is 0 Å². The molecule has 2 rings (SSSR count). The molecule has 1 fully saturated rings. The number of hydrogen-bond donors (Lipinski definition) is 2. The van der Waals surface area contributed by atoms with E-state index in [0.29, 0.717) is 45.2 Å². The molecule has 0 aromatic heterocycles. The van der Waals surface area contributed by atoms with Crippen LogP contribution in [-0.4, -0.2) is 49.2 Å². The summed E-state index contributed by atoms with van der Waals surface area (Å²) in [7, 11) is 0. The van der Waals surface area contributed by atoms with Crippen molar-refractivity contribution in [2.24, 2.45) is 0 Å². The van der Waals surface area contributed by atoms with Crippen molar-refractivity contribution in [1.82, 2.24) is 15.5 Å². The molecule has 24 heavy (non-hydrogen) atoms. The van der Waals surface area contributed by atoms with Gasteiger partial charge in [-0.25, -0.2) is 4.79 Å². The van der Waals surface area contributed by atoms with Crippen LogP contribution in [0, 0.1) is 0 Å². The van der Waals surface area contributed by atoms with Crippen molar-refractivity contribution < 1.29 is 14.3 Å². The van der Waals surface area contributed by atoms with Gasteiger partial charge in [0.05, 0.1) is 6.61 Å². The van der Waals surface area contributed by atoms with Crippen LogP contribution in [0.1, 0.15) is 31.7 Å². The summed E-state index contributed by atoms with van der Waals surface area (Å²) < 4.78 is 5.01. The molecule has 1 heterocycles. The first-order valence-electron chi connectivity index (χ1n) is 8.64. The highest BCUT2D eigenvalue weighted by Crippen LogP contribution is 2.11. The maximum atomic E-state index is 11.9. The first-order valence-corrected chi connectivity index (χ1v) is 8.64. The molecule has 1 aliphatic rings. The fourth-order valence-electron chi connectivity index (χ4n) is 2.76. The minimum absolute atomic E-state index is 0.0512. The molecule has 0 spiro atoms. The minimum Gasteiger partial charge on any atom is -0.450 e. The third-order valence-corrected chi connectivity index (χ3v) is 4.14. The van der Waals surface area contributed by atoms with Gasteiger partial charge >= 0.3 is 6.09 Å². The quantitative estimate of drug-likeness (QED) is 0.799. The summed E-state index contributed by atoms with van der Waals surface area (Å²) in [6, 6.07) is 10.2. The van der Waals surface area contributed by atoms with E-state index in [2.05, 4.69) is 10.6 Å². The lowest BCUT2D eigenvalue weighted by molar-refractivity contribution is -0.121. The van der Waals surface area contributed by atoms with Gasteiger partial charge in [0.2, 0.25) is 5.91 Å². The molecule has 132 valence electrons. The van der Waals surface area contributed by atoms with Crippen molar-refractivity contribution in [2.75, 3.05) is 26.2 Å². The van der Waals surface area contributed by atoms with Gasteiger partial charge in [-0.2, -0.15) is 0 Å². The van der Waals surface area contributed by atoms with E-state index in [1.165, 1.54) is 0 Å². The molecule has 6 heteroatoms. The number of ether oxygens (including phenoxy) is 1. The predicted molar refractivity (Wildman–Crippen MR) is 92.5 cm³/mol. The average Bonchev–Trinajstić information content (AvgIpc) is 2.61. The smallest absolute Gasteiger partial charge is 0.409 e. The van der Waals surface area contributed by atoms with E-state index in [0.717, 1.165) is 18.4 Å². The average molecular weight is 333 g/mol. The lowest BCUT2D eigenvalue weighted by atomic mass is 10.1. The number of amides is 2. The molecule has 0 bridgehead atoms. The molecule has 1 aromatic carbocycles. The summed E-state index contributed by atoms with van der Waals surface area (Å²) in [4.78, 5) is 25.2. The van der Waals surface area contributed by atoms with E-state index in [4.69, 9.17) is 4.74 Å². The Bertz CT molecular complexity index is 514. The number of nitrogens with zero attached hydrogens (tertiary/aromatic N) is 1. The third kappa shape index (κ3) is 6.20. The van der Waals surface area contributed by atoms with E-state index in [9.17, 15) is 9.59 Å². The normalized spacial score (nSPS) is 15.1. The molecule has 1 saturated heterocycles. The molecule has 0 unspecified atom stereocenters. The number of piperidine rings is 1. The summed E-state index contributed by atoms with van der Waals surface area (Å²) >= 11 is 0. The highest BCUT2D eigenvalue weighted by molar-refractivity contribution is 5.76. The van der Waals surface area contributed by atoms with Crippen molar-refractivity contribution in [3.05, 3.63) is 35.9 Å². The van der Waals surface area contributed by atoms with Crippen LogP contribution in [-0.2, 0) is 16.1 Å². The first kappa shape index (κ1) is 18.3. The molecule has 0 atom stereocenters. The fraction of sp³-hybridized carbons (Fsp3) is 0.556. The molecule has 0 radical (unpaired) electrons. The van der Waals surface area contributed by atoms with Gasteiger partial charge in [-0.3, -0.25) is 4.79 Å². The zero-order valence-electron chi connectivity index (χ0n) is 14.3. The number of carbonyl (C=O) groups is 2. The second-order valence-corrected chi connectivity index (χ2v) is 5.93. The Balaban J connectivity index is 1.56. The molecule has 1 aromatic rings. The van der Waals surface area contributed by atoms with E-state index in [-0.39, 0.29) is 12.0 Å². The highest BCUT2D eigenvalue weighted by atomic mass is 16.6. The number of rotatable bonds is 7. The third-order valence-electron chi connectivity index (χ3n) is 4.14. The van der Waals surface area contributed by atoms with Crippen molar-refractivity contribution in [3.63, 3.8) is 0 Å². The zero-order chi connectivity index (χ0) is 17.2. The van der Waals surface area contributed by atoms with Crippen LogP contribution in [0.5, 0.6) is 0 Å². The Morgan fingerprint density at radius 2 is 1.92 bits per heavy atom. The van der Waals surface area contributed by atoms with E-state index < -0.39 is 0 Å². The molecule has 2 N–H and O–H groups in total. The summed E-state index contributed by atoms with van der Waals surface area (Å²) in [5, 5.41) is 6.33. The summed E-state index contributed by atoms with van der Waals surface area (Å²) in [6.45, 7) is 4.86. The standard InChI is InChI=1S/C18H27N3O3/c1-2-24-18(23)21-12-9-16(10-13-21)19-11-8-17(22)20-14-15-6-4-3-5-7-15/h3-7,16,19H,2,8-14H2,1H3,(H,20,22). The van der Waals surface area contributed by atoms with Gasteiger partial charge in [-0.05, 0) is 25.3 Å². The monoisotopic (exact) mass is 333 g/mol. The number of benzene rings is 1. The maximum Gasteiger partial charge on any atom is 0.409 e. The second kappa shape index (κ2) is 9.93. The molecule has 0 saturated carbocycles. The molecular formula is C18H27N3O3. The van der Waals surface area contributed by atoms with Crippen LogP contribution < -0.4 is 10.6 Å². The van der Waals surface area contributed by atoms with E-state index in [1.54, 1.807) is 4.90 Å². The van der Waals surface area contributed by atoms with Gasteiger partial charge in [0.25, 0.3) is 0 Å². The molecule has 0 aliphatic carbocycles. The number of nitrogens with one attached hydrogen (secondary N) is 2. The predicted octanol–water partition coefficient (Wildman–Crippen LogP) is 1.90. The molecule has 1 aliphatic heterocycles. The van der Waals surface area contributed by atoms with Crippen molar-refractivity contribution in [2.45, 2.75) is 38.8 Å². The van der Waals surface area contributed by atoms with Gasteiger partial charge in [0.1, 0.15) is 0 Å². The second-order valence-electron chi connectivity index (χ2n) is 5.93. The van der Waals surface area contributed by atoms with Crippen LogP contribution in [0.15, 0.2) is 30.3 Å². The first-order chi connectivity index (χ1) is 11.7. The van der Waals surface area contributed by atoms with Gasteiger partial charge in [-0.1, -0.05) is 30.3 Å². The Kier molecular flexibility index (Phi) is 7.55. The fourth-order valence-corrected chi connectivity index (χ4v) is 2.76. The Morgan fingerprint density at radius 1 is 1.21 bits per heavy atom. The highest BCUT2D eigenvalue weighted by Gasteiger charge is 2.23. The number of likely N-dealkylation sites (tertiary alicyclic amines) is 1. The van der Waals surface area contributed by atoms with E-state index >= 15 is 0 Å². The van der Waals surface area contributed by atoms with Crippen molar-refractivity contribution >= 4 is 12.0 Å². The van der Waals surface area contributed by atoms with Gasteiger partial charge in [0, 0.05) is 38.6 Å². The summed E-state index contributed by atoms with van der Waals surface area (Å²) in [5.74, 6) is 0.0512. The Morgan fingerprint density at radius 3 is 2.58 bits per heavy atom. The van der Waals surface area contributed by atoms with E-state index in [1.807, 2.05) is 37.3 Å². The van der Waals surface area contributed by atoms with Crippen LogP contribution >= 0.6 is 0 Å². The van der Waals surface area contributed by atoms with Gasteiger partial charge in [0.15, 0.2) is 0 Å². The largest absolute Gasteiger partial charge is 0.450 e. The number of hydrogen-bond acceptors (Lipinski definition) is 4. The number of carbonyl (C=O) groups excluding carboxylic acids is 2. The zero-order valence-corrected chi connectivity index (χ0v) is 14.3. The minimum atomic E-state index is -0.226.